The average Bonchev–Trinajstić information content (AvgIpc) is 2.94. The Morgan fingerprint density at radius 2 is 1.59 bits per heavy atom. The van der Waals surface area contributed by atoms with E-state index in [2.05, 4.69) is 5.32 Å². The van der Waals surface area contributed by atoms with Crippen LogP contribution in [0.1, 0.15) is 38.3 Å². The van der Waals surface area contributed by atoms with Crippen LogP contribution < -0.4 is 14.4 Å². The standard InChI is InChI=1S/C28H28N2O8S/c1-18-13-23(39(34,35)30-12-6-8-19-7-4-5-9-24(19)30)10-11-25(18)38-17-26(31)29-22-15-20(27(32)36-2)14-21(16-22)28(33)37-3/h4-5,7,9-11,13-16H,6,8,12,17H2,1-3H3,(H,29,31). The molecule has 0 unspecified atom stereocenters. The van der Waals surface area contributed by atoms with Crippen LogP contribution in [0.3, 0.4) is 0 Å². The van der Waals surface area contributed by atoms with E-state index >= 15 is 0 Å². The molecule has 0 fully saturated rings. The third-order valence-electron chi connectivity index (χ3n) is 6.22. The van der Waals surface area contributed by atoms with Gasteiger partial charge in [-0.15, -0.1) is 0 Å². The molecule has 1 heterocycles. The molecule has 1 aliphatic rings. The maximum Gasteiger partial charge on any atom is 0.337 e. The second-order valence-electron chi connectivity index (χ2n) is 8.86. The number of para-hydroxylation sites is 1. The molecule has 0 atom stereocenters. The topological polar surface area (TPSA) is 128 Å². The molecule has 0 aromatic heterocycles. The highest BCUT2D eigenvalue weighted by Gasteiger charge is 2.29. The predicted octanol–water partition coefficient (Wildman–Crippen LogP) is 3.73. The van der Waals surface area contributed by atoms with Crippen LogP contribution in [0.4, 0.5) is 11.4 Å². The Bertz CT molecular complexity index is 1500. The molecular weight excluding hydrogens is 524 g/mol. The minimum atomic E-state index is -3.79. The largest absolute Gasteiger partial charge is 0.483 e. The molecule has 0 radical (unpaired) electrons. The number of hydrogen-bond acceptors (Lipinski definition) is 8. The van der Waals surface area contributed by atoms with Crippen LogP contribution in [0.5, 0.6) is 5.75 Å². The van der Waals surface area contributed by atoms with Crippen molar-refractivity contribution in [3.05, 3.63) is 82.9 Å². The van der Waals surface area contributed by atoms with Crippen molar-refractivity contribution in [3.8, 4) is 5.75 Å². The molecular formula is C28H28N2O8S. The van der Waals surface area contributed by atoms with E-state index in [1.165, 1.54) is 54.9 Å². The van der Waals surface area contributed by atoms with Crippen molar-refractivity contribution in [2.24, 2.45) is 0 Å². The molecule has 0 bridgehead atoms. The number of sulfonamides is 1. The van der Waals surface area contributed by atoms with Crippen LogP contribution in [0, 0.1) is 6.92 Å². The van der Waals surface area contributed by atoms with Gasteiger partial charge in [-0.25, -0.2) is 18.0 Å². The zero-order valence-corrected chi connectivity index (χ0v) is 22.5. The first-order chi connectivity index (χ1) is 18.6. The van der Waals surface area contributed by atoms with Gasteiger partial charge in [-0.2, -0.15) is 0 Å². The lowest BCUT2D eigenvalue weighted by atomic mass is 10.0. The second kappa shape index (κ2) is 11.6. The number of carbonyl (C=O) groups excluding carboxylic acids is 3. The molecule has 1 aliphatic heterocycles. The Morgan fingerprint density at radius 3 is 2.23 bits per heavy atom. The molecule has 204 valence electrons. The van der Waals surface area contributed by atoms with Gasteiger partial charge in [0.05, 0.1) is 35.9 Å². The quantitative estimate of drug-likeness (QED) is 0.419. The summed E-state index contributed by atoms with van der Waals surface area (Å²) in [7, 11) is -1.39. The third-order valence-corrected chi connectivity index (χ3v) is 8.03. The number of nitrogens with one attached hydrogen (secondary N) is 1. The first-order valence-corrected chi connectivity index (χ1v) is 13.5. The summed E-state index contributed by atoms with van der Waals surface area (Å²) in [6, 6.07) is 16.0. The SMILES string of the molecule is COC(=O)c1cc(NC(=O)COc2ccc(S(=O)(=O)N3CCCc4ccccc43)cc2C)cc(C(=O)OC)c1. The first-order valence-electron chi connectivity index (χ1n) is 12.1. The number of fused-ring (bicyclic) bond motifs is 1. The van der Waals surface area contributed by atoms with Crippen LogP contribution >= 0.6 is 0 Å². The van der Waals surface area contributed by atoms with Gasteiger partial charge < -0.3 is 19.5 Å². The number of benzene rings is 3. The highest BCUT2D eigenvalue weighted by atomic mass is 32.2. The van der Waals surface area contributed by atoms with Crippen LogP contribution in [0.2, 0.25) is 0 Å². The van der Waals surface area contributed by atoms with E-state index < -0.39 is 34.5 Å². The summed E-state index contributed by atoms with van der Waals surface area (Å²) in [4.78, 5) is 36.6. The summed E-state index contributed by atoms with van der Waals surface area (Å²) >= 11 is 0. The Labute approximate surface area is 226 Å². The Balaban J connectivity index is 1.46. The number of carbonyl (C=O) groups is 3. The smallest absolute Gasteiger partial charge is 0.337 e. The van der Waals surface area contributed by atoms with Crippen molar-refractivity contribution in [1.29, 1.82) is 0 Å². The van der Waals surface area contributed by atoms with Crippen molar-refractivity contribution in [2.45, 2.75) is 24.7 Å². The van der Waals surface area contributed by atoms with Crippen LogP contribution in [-0.2, 0) is 30.7 Å². The van der Waals surface area contributed by atoms with E-state index in [4.69, 9.17) is 14.2 Å². The van der Waals surface area contributed by atoms with Gasteiger partial charge in [0, 0.05) is 12.2 Å². The number of esters is 2. The molecule has 3 aromatic rings. The molecule has 1 amide bonds. The van der Waals surface area contributed by atoms with E-state index in [9.17, 15) is 22.8 Å². The first kappa shape index (κ1) is 27.6. The summed E-state index contributed by atoms with van der Waals surface area (Å²) in [5, 5.41) is 2.58. The molecule has 0 spiro atoms. The van der Waals surface area contributed by atoms with Crippen LogP contribution in [0.15, 0.2) is 65.6 Å². The predicted molar refractivity (Wildman–Crippen MR) is 144 cm³/mol. The van der Waals surface area contributed by atoms with Crippen molar-refractivity contribution in [3.63, 3.8) is 0 Å². The van der Waals surface area contributed by atoms with Gasteiger partial charge >= 0.3 is 11.9 Å². The van der Waals surface area contributed by atoms with Gasteiger partial charge in [0.1, 0.15) is 5.75 Å². The van der Waals surface area contributed by atoms with E-state index in [1.807, 2.05) is 24.3 Å². The lowest BCUT2D eigenvalue weighted by Gasteiger charge is -2.30. The minimum Gasteiger partial charge on any atom is -0.483 e. The van der Waals surface area contributed by atoms with Crippen molar-refractivity contribution < 1.29 is 37.0 Å². The summed E-state index contributed by atoms with van der Waals surface area (Å²) in [5.41, 5.74) is 2.50. The monoisotopic (exact) mass is 552 g/mol. The zero-order valence-electron chi connectivity index (χ0n) is 21.7. The Hall–Kier alpha value is -4.38. The third kappa shape index (κ3) is 6.04. The van der Waals surface area contributed by atoms with Gasteiger partial charge in [-0.1, -0.05) is 18.2 Å². The molecule has 10 nitrogen and oxygen atoms in total. The summed E-state index contributed by atoms with van der Waals surface area (Å²) < 4.78 is 43.3. The number of ether oxygens (including phenoxy) is 3. The maximum atomic E-state index is 13.4. The number of amides is 1. The zero-order chi connectivity index (χ0) is 28.2. The molecule has 0 saturated heterocycles. The fraction of sp³-hybridized carbons (Fsp3) is 0.250. The van der Waals surface area contributed by atoms with Gasteiger partial charge in [0.25, 0.3) is 15.9 Å². The summed E-state index contributed by atoms with van der Waals surface area (Å²) in [6.45, 7) is 1.69. The van der Waals surface area contributed by atoms with E-state index in [0.717, 1.165) is 18.4 Å². The Morgan fingerprint density at radius 1 is 0.923 bits per heavy atom. The van der Waals surface area contributed by atoms with Crippen LogP contribution in [-0.4, -0.2) is 53.6 Å². The number of rotatable bonds is 8. The van der Waals surface area contributed by atoms with Gasteiger partial charge in [-0.05, 0) is 73.4 Å². The summed E-state index contributed by atoms with van der Waals surface area (Å²) in [5.74, 6) is -1.60. The number of hydrogen-bond donors (Lipinski definition) is 1. The molecule has 39 heavy (non-hydrogen) atoms. The normalized spacial score (nSPS) is 12.7. The second-order valence-corrected chi connectivity index (χ2v) is 10.7. The number of nitrogens with zero attached hydrogens (tertiary/aromatic N) is 1. The van der Waals surface area contributed by atoms with Crippen molar-refractivity contribution in [2.75, 3.05) is 37.0 Å². The Kier molecular flexibility index (Phi) is 8.20. The lowest BCUT2D eigenvalue weighted by molar-refractivity contribution is -0.118. The molecule has 4 rings (SSSR count). The molecule has 0 aliphatic carbocycles. The number of anilines is 2. The molecule has 1 N–H and O–H groups in total. The molecule has 11 heteroatoms. The van der Waals surface area contributed by atoms with Crippen LogP contribution in [0.25, 0.3) is 0 Å². The average molecular weight is 553 g/mol. The van der Waals surface area contributed by atoms with E-state index in [0.29, 0.717) is 23.5 Å². The van der Waals surface area contributed by atoms with Gasteiger partial charge in [0.2, 0.25) is 0 Å². The fourth-order valence-electron chi connectivity index (χ4n) is 4.33. The van der Waals surface area contributed by atoms with E-state index in [-0.39, 0.29) is 21.7 Å². The number of methoxy groups -OCH3 is 2. The minimum absolute atomic E-state index is 0.0561. The number of aryl methyl sites for hydroxylation is 2. The van der Waals surface area contributed by atoms with Crippen molar-refractivity contribution >= 4 is 39.2 Å². The highest BCUT2D eigenvalue weighted by Crippen LogP contribution is 2.33. The van der Waals surface area contributed by atoms with Gasteiger partial charge in [-0.3, -0.25) is 9.10 Å². The highest BCUT2D eigenvalue weighted by molar-refractivity contribution is 7.92. The maximum absolute atomic E-state index is 13.4. The molecule has 0 saturated carbocycles. The van der Waals surface area contributed by atoms with E-state index in [1.54, 1.807) is 6.92 Å². The fourth-order valence-corrected chi connectivity index (χ4v) is 5.96. The van der Waals surface area contributed by atoms with Crippen molar-refractivity contribution in [1.82, 2.24) is 0 Å². The van der Waals surface area contributed by atoms with Gasteiger partial charge in [0.15, 0.2) is 6.61 Å². The summed E-state index contributed by atoms with van der Waals surface area (Å²) in [6.07, 6.45) is 1.56. The molecule has 3 aromatic carbocycles. The lowest BCUT2D eigenvalue weighted by Crippen LogP contribution is -2.35.